The molecule has 94 valence electrons. The van der Waals surface area contributed by atoms with E-state index < -0.39 is 5.97 Å². The molecule has 2 N–H and O–H groups in total. The third kappa shape index (κ3) is 2.56. The van der Waals surface area contributed by atoms with Crippen LogP contribution < -0.4 is 5.73 Å². The fourth-order valence-corrected chi connectivity index (χ4v) is 2.16. The number of nitrogen functional groups attached to an aromatic ring is 1. The summed E-state index contributed by atoms with van der Waals surface area (Å²) in [6, 6.07) is 9.45. The second-order valence-corrected chi connectivity index (χ2v) is 4.72. The van der Waals surface area contributed by atoms with Gasteiger partial charge in [-0.15, -0.1) is 0 Å². The number of methoxy groups -OCH3 is 1. The fraction of sp³-hybridized carbons (Fsp3) is 0.154. The van der Waals surface area contributed by atoms with Gasteiger partial charge in [-0.1, -0.05) is 34.1 Å². The minimum Gasteiger partial charge on any atom is -0.464 e. The summed E-state index contributed by atoms with van der Waals surface area (Å²) in [7, 11) is 1.36. The number of hydrogen-bond donors (Lipinski definition) is 1. The third-order valence-electron chi connectivity index (χ3n) is 2.61. The molecule has 0 spiro atoms. The second kappa shape index (κ2) is 5.27. The number of carbonyl (C=O) groups is 1. The first-order valence-corrected chi connectivity index (χ1v) is 6.18. The van der Waals surface area contributed by atoms with Crippen molar-refractivity contribution in [2.24, 2.45) is 0 Å². The lowest BCUT2D eigenvalue weighted by Crippen LogP contribution is -2.10. The molecular formula is C13H13BrN2O2. The van der Waals surface area contributed by atoms with Crippen LogP contribution in [0.1, 0.15) is 16.1 Å². The van der Waals surface area contributed by atoms with Crippen molar-refractivity contribution in [2.75, 3.05) is 12.8 Å². The Bertz CT molecular complexity index is 578. The molecule has 0 saturated heterocycles. The monoisotopic (exact) mass is 308 g/mol. The van der Waals surface area contributed by atoms with Crippen molar-refractivity contribution in [1.82, 2.24) is 4.57 Å². The third-order valence-corrected chi connectivity index (χ3v) is 3.38. The van der Waals surface area contributed by atoms with E-state index in [9.17, 15) is 4.79 Å². The Morgan fingerprint density at radius 2 is 2.17 bits per heavy atom. The Hall–Kier alpha value is -1.75. The standard InChI is InChI=1S/C13H13BrN2O2/c1-18-13(17)12-6-10(15)8-16(12)7-9-4-2-3-5-11(9)14/h2-6,8H,7,15H2,1H3. The van der Waals surface area contributed by atoms with Crippen molar-refractivity contribution in [3.05, 3.63) is 52.3 Å². The number of halogens is 1. The largest absolute Gasteiger partial charge is 0.464 e. The van der Waals surface area contributed by atoms with E-state index in [1.165, 1.54) is 7.11 Å². The van der Waals surface area contributed by atoms with Gasteiger partial charge in [0.05, 0.1) is 12.8 Å². The van der Waals surface area contributed by atoms with E-state index in [0.29, 0.717) is 17.9 Å². The van der Waals surface area contributed by atoms with E-state index in [-0.39, 0.29) is 0 Å². The van der Waals surface area contributed by atoms with E-state index >= 15 is 0 Å². The molecular weight excluding hydrogens is 296 g/mol. The summed E-state index contributed by atoms with van der Waals surface area (Å²) in [4.78, 5) is 11.6. The van der Waals surface area contributed by atoms with Crippen LogP contribution in [0.5, 0.6) is 0 Å². The first-order valence-electron chi connectivity index (χ1n) is 5.39. The molecule has 0 amide bonds. The molecule has 0 aliphatic heterocycles. The number of rotatable bonds is 3. The summed E-state index contributed by atoms with van der Waals surface area (Å²) in [6.45, 7) is 0.559. The molecule has 0 fully saturated rings. The van der Waals surface area contributed by atoms with Crippen LogP contribution in [0.2, 0.25) is 0 Å². The first-order chi connectivity index (χ1) is 8.61. The summed E-state index contributed by atoms with van der Waals surface area (Å²) in [5.41, 5.74) is 7.78. The van der Waals surface area contributed by atoms with E-state index in [1.54, 1.807) is 16.8 Å². The number of esters is 1. The fourth-order valence-electron chi connectivity index (χ4n) is 1.75. The van der Waals surface area contributed by atoms with Gasteiger partial charge in [0.1, 0.15) is 5.69 Å². The molecule has 0 radical (unpaired) electrons. The van der Waals surface area contributed by atoms with Gasteiger partial charge in [-0.25, -0.2) is 4.79 Å². The Labute approximate surface area is 113 Å². The highest BCUT2D eigenvalue weighted by Gasteiger charge is 2.13. The van der Waals surface area contributed by atoms with E-state index in [0.717, 1.165) is 10.0 Å². The maximum atomic E-state index is 11.6. The first kappa shape index (κ1) is 12.7. The van der Waals surface area contributed by atoms with Crippen molar-refractivity contribution in [3.63, 3.8) is 0 Å². The zero-order valence-corrected chi connectivity index (χ0v) is 11.5. The summed E-state index contributed by atoms with van der Waals surface area (Å²) in [6.07, 6.45) is 1.73. The highest BCUT2D eigenvalue weighted by atomic mass is 79.9. The minimum atomic E-state index is -0.390. The zero-order chi connectivity index (χ0) is 13.1. The maximum Gasteiger partial charge on any atom is 0.354 e. The van der Waals surface area contributed by atoms with E-state index in [4.69, 9.17) is 10.5 Å². The van der Waals surface area contributed by atoms with Gasteiger partial charge in [-0.05, 0) is 17.7 Å². The molecule has 5 heteroatoms. The molecule has 0 saturated carbocycles. The van der Waals surface area contributed by atoms with Crippen molar-refractivity contribution < 1.29 is 9.53 Å². The Morgan fingerprint density at radius 1 is 1.44 bits per heavy atom. The molecule has 0 bridgehead atoms. The van der Waals surface area contributed by atoms with Gasteiger partial charge < -0.3 is 15.0 Å². The molecule has 4 nitrogen and oxygen atoms in total. The van der Waals surface area contributed by atoms with Gasteiger partial charge in [-0.2, -0.15) is 0 Å². The number of aromatic nitrogens is 1. The van der Waals surface area contributed by atoms with Crippen LogP contribution in [0, 0.1) is 0 Å². The number of ether oxygens (including phenoxy) is 1. The molecule has 0 unspecified atom stereocenters. The molecule has 1 aromatic heterocycles. The SMILES string of the molecule is COC(=O)c1cc(N)cn1Cc1ccccc1Br. The average Bonchev–Trinajstić information content (AvgIpc) is 2.72. The van der Waals surface area contributed by atoms with Crippen LogP contribution >= 0.6 is 15.9 Å². The van der Waals surface area contributed by atoms with Crippen LogP contribution in [0.3, 0.4) is 0 Å². The number of nitrogens with zero attached hydrogens (tertiary/aromatic N) is 1. The molecule has 1 heterocycles. The molecule has 0 aliphatic carbocycles. The number of anilines is 1. The van der Waals surface area contributed by atoms with Crippen molar-refractivity contribution in [1.29, 1.82) is 0 Å². The van der Waals surface area contributed by atoms with Crippen molar-refractivity contribution >= 4 is 27.6 Å². The van der Waals surface area contributed by atoms with Crippen molar-refractivity contribution in [2.45, 2.75) is 6.54 Å². The molecule has 0 aliphatic rings. The van der Waals surface area contributed by atoms with Crippen LogP contribution in [0.25, 0.3) is 0 Å². The number of benzene rings is 1. The van der Waals surface area contributed by atoms with Gasteiger partial charge in [-0.3, -0.25) is 0 Å². The highest BCUT2D eigenvalue weighted by molar-refractivity contribution is 9.10. The lowest BCUT2D eigenvalue weighted by Gasteiger charge is -2.09. The van der Waals surface area contributed by atoms with Crippen molar-refractivity contribution in [3.8, 4) is 0 Å². The molecule has 0 atom stereocenters. The van der Waals surface area contributed by atoms with Crippen LogP contribution in [-0.2, 0) is 11.3 Å². The Morgan fingerprint density at radius 3 is 2.83 bits per heavy atom. The maximum absolute atomic E-state index is 11.6. The van der Waals surface area contributed by atoms with Crippen LogP contribution in [-0.4, -0.2) is 17.6 Å². The normalized spacial score (nSPS) is 10.3. The predicted molar refractivity (Wildman–Crippen MR) is 73.4 cm³/mol. The van der Waals surface area contributed by atoms with Gasteiger partial charge >= 0.3 is 5.97 Å². The molecule has 2 aromatic rings. The summed E-state index contributed by atoms with van der Waals surface area (Å²) < 4.78 is 7.50. The van der Waals surface area contributed by atoms with Gasteiger partial charge in [0, 0.05) is 17.2 Å². The topological polar surface area (TPSA) is 57.2 Å². The lowest BCUT2D eigenvalue weighted by molar-refractivity contribution is 0.0589. The van der Waals surface area contributed by atoms with Gasteiger partial charge in [0.25, 0.3) is 0 Å². The second-order valence-electron chi connectivity index (χ2n) is 3.87. The Kier molecular flexibility index (Phi) is 3.72. The number of carbonyl (C=O) groups excluding carboxylic acids is 1. The number of nitrogens with two attached hydrogens (primary N) is 1. The zero-order valence-electron chi connectivity index (χ0n) is 9.89. The number of hydrogen-bond acceptors (Lipinski definition) is 3. The van der Waals surface area contributed by atoms with Gasteiger partial charge in [0.15, 0.2) is 0 Å². The summed E-state index contributed by atoms with van der Waals surface area (Å²) >= 11 is 3.48. The van der Waals surface area contributed by atoms with Crippen LogP contribution in [0.4, 0.5) is 5.69 Å². The van der Waals surface area contributed by atoms with Crippen LogP contribution in [0.15, 0.2) is 41.0 Å². The molecule has 18 heavy (non-hydrogen) atoms. The quantitative estimate of drug-likeness (QED) is 0.887. The molecule has 1 aromatic carbocycles. The Balaban J connectivity index is 2.35. The highest BCUT2D eigenvalue weighted by Crippen LogP contribution is 2.20. The summed E-state index contributed by atoms with van der Waals surface area (Å²) in [5.74, 6) is -0.390. The van der Waals surface area contributed by atoms with E-state index in [2.05, 4.69) is 15.9 Å². The summed E-state index contributed by atoms with van der Waals surface area (Å²) in [5, 5.41) is 0. The van der Waals surface area contributed by atoms with E-state index in [1.807, 2.05) is 24.3 Å². The predicted octanol–water partition coefficient (Wildman–Crippen LogP) is 2.67. The van der Waals surface area contributed by atoms with Gasteiger partial charge in [0.2, 0.25) is 0 Å². The smallest absolute Gasteiger partial charge is 0.354 e. The average molecular weight is 309 g/mol. The minimum absolute atomic E-state index is 0.390. The lowest BCUT2D eigenvalue weighted by atomic mass is 10.2. The molecule has 2 rings (SSSR count).